The average Bonchev–Trinajstić information content (AvgIpc) is 2.76. The first-order valence-electron chi connectivity index (χ1n) is 5.14. The minimum absolute atomic E-state index is 0.502. The SMILES string of the molecule is CCCCc1nnc(-c2ccccn2)o1. The van der Waals surface area contributed by atoms with E-state index >= 15 is 0 Å². The van der Waals surface area contributed by atoms with Crippen molar-refractivity contribution in [3.63, 3.8) is 0 Å². The number of unbranched alkanes of at least 4 members (excludes halogenated alkanes) is 1. The van der Waals surface area contributed by atoms with Crippen molar-refractivity contribution in [2.24, 2.45) is 0 Å². The van der Waals surface area contributed by atoms with Crippen molar-refractivity contribution >= 4 is 0 Å². The van der Waals surface area contributed by atoms with Crippen LogP contribution in [0.5, 0.6) is 0 Å². The van der Waals surface area contributed by atoms with Crippen LogP contribution in [0.15, 0.2) is 28.8 Å². The highest BCUT2D eigenvalue weighted by molar-refractivity contribution is 5.44. The van der Waals surface area contributed by atoms with Gasteiger partial charge in [-0.25, -0.2) is 0 Å². The lowest BCUT2D eigenvalue weighted by molar-refractivity contribution is 0.494. The van der Waals surface area contributed by atoms with Crippen molar-refractivity contribution in [1.29, 1.82) is 0 Å². The van der Waals surface area contributed by atoms with Gasteiger partial charge in [-0.3, -0.25) is 4.98 Å². The van der Waals surface area contributed by atoms with Crippen LogP contribution in [-0.4, -0.2) is 15.2 Å². The van der Waals surface area contributed by atoms with Crippen LogP contribution in [0.4, 0.5) is 0 Å². The van der Waals surface area contributed by atoms with Crippen LogP contribution >= 0.6 is 0 Å². The van der Waals surface area contributed by atoms with E-state index in [0.29, 0.717) is 11.8 Å². The zero-order chi connectivity index (χ0) is 10.5. The molecule has 2 aromatic heterocycles. The van der Waals surface area contributed by atoms with Crippen LogP contribution in [0.25, 0.3) is 11.6 Å². The fourth-order valence-corrected chi connectivity index (χ4v) is 1.28. The third kappa shape index (κ3) is 2.40. The van der Waals surface area contributed by atoms with E-state index in [9.17, 15) is 0 Å². The van der Waals surface area contributed by atoms with Gasteiger partial charge in [0.15, 0.2) is 0 Å². The predicted octanol–water partition coefficient (Wildman–Crippen LogP) is 2.47. The van der Waals surface area contributed by atoms with Gasteiger partial charge in [0, 0.05) is 12.6 Å². The Bertz CT molecular complexity index is 411. The molecule has 4 heteroatoms. The number of rotatable bonds is 4. The van der Waals surface area contributed by atoms with Gasteiger partial charge in [-0.2, -0.15) is 0 Å². The van der Waals surface area contributed by atoms with Crippen molar-refractivity contribution < 1.29 is 4.42 Å². The molecule has 0 atom stereocenters. The van der Waals surface area contributed by atoms with Crippen LogP contribution in [0.1, 0.15) is 25.7 Å². The second kappa shape index (κ2) is 4.68. The van der Waals surface area contributed by atoms with Crippen molar-refractivity contribution in [1.82, 2.24) is 15.2 Å². The standard InChI is InChI=1S/C11H13N3O/c1-2-3-7-10-13-14-11(15-10)9-6-4-5-8-12-9/h4-6,8H,2-3,7H2,1H3. The second-order valence-electron chi connectivity index (χ2n) is 3.32. The molecule has 0 saturated heterocycles. The fraction of sp³-hybridized carbons (Fsp3) is 0.364. The van der Waals surface area contributed by atoms with Crippen LogP contribution in [0, 0.1) is 0 Å². The minimum Gasteiger partial charge on any atom is -0.419 e. The number of pyridine rings is 1. The van der Waals surface area contributed by atoms with Gasteiger partial charge >= 0.3 is 0 Å². The molecule has 0 amide bonds. The Kier molecular flexibility index (Phi) is 3.07. The zero-order valence-electron chi connectivity index (χ0n) is 8.68. The summed E-state index contributed by atoms with van der Waals surface area (Å²) >= 11 is 0. The second-order valence-corrected chi connectivity index (χ2v) is 3.32. The summed E-state index contributed by atoms with van der Waals surface area (Å²) in [7, 11) is 0. The molecule has 78 valence electrons. The van der Waals surface area contributed by atoms with Gasteiger partial charge in [0.1, 0.15) is 5.69 Å². The summed E-state index contributed by atoms with van der Waals surface area (Å²) < 4.78 is 5.49. The number of aryl methyl sites for hydroxylation is 1. The highest BCUT2D eigenvalue weighted by Gasteiger charge is 2.07. The summed E-state index contributed by atoms with van der Waals surface area (Å²) in [6.45, 7) is 2.13. The maximum atomic E-state index is 5.49. The van der Waals surface area contributed by atoms with Crippen molar-refractivity contribution in [3.05, 3.63) is 30.3 Å². The van der Waals surface area contributed by atoms with E-state index in [2.05, 4.69) is 22.1 Å². The quantitative estimate of drug-likeness (QED) is 0.766. The highest BCUT2D eigenvalue weighted by Crippen LogP contribution is 2.14. The van der Waals surface area contributed by atoms with E-state index in [1.54, 1.807) is 6.20 Å². The molecule has 0 N–H and O–H groups in total. The molecule has 0 aliphatic carbocycles. The number of nitrogens with zero attached hydrogens (tertiary/aromatic N) is 3. The normalized spacial score (nSPS) is 10.5. The van der Waals surface area contributed by atoms with Crippen LogP contribution in [0.2, 0.25) is 0 Å². The molecular weight excluding hydrogens is 190 g/mol. The van der Waals surface area contributed by atoms with Crippen molar-refractivity contribution in [2.75, 3.05) is 0 Å². The number of hydrogen-bond donors (Lipinski definition) is 0. The number of hydrogen-bond acceptors (Lipinski definition) is 4. The third-order valence-electron chi connectivity index (χ3n) is 2.10. The topological polar surface area (TPSA) is 51.8 Å². The average molecular weight is 203 g/mol. The fourth-order valence-electron chi connectivity index (χ4n) is 1.28. The third-order valence-corrected chi connectivity index (χ3v) is 2.10. The summed E-state index contributed by atoms with van der Waals surface area (Å²) in [5.41, 5.74) is 0.729. The van der Waals surface area contributed by atoms with Gasteiger partial charge < -0.3 is 4.42 Å². The lowest BCUT2D eigenvalue weighted by Crippen LogP contribution is -1.83. The van der Waals surface area contributed by atoms with Crippen LogP contribution in [-0.2, 0) is 6.42 Å². The molecule has 15 heavy (non-hydrogen) atoms. The van der Waals surface area contributed by atoms with E-state index in [-0.39, 0.29) is 0 Å². The Morgan fingerprint density at radius 1 is 1.27 bits per heavy atom. The Morgan fingerprint density at radius 2 is 2.20 bits per heavy atom. The molecule has 4 nitrogen and oxygen atoms in total. The van der Waals surface area contributed by atoms with Gasteiger partial charge in [0.25, 0.3) is 5.89 Å². The highest BCUT2D eigenvalue weighted by atomic mass is 16.4. The van der Waals surface area contributed by atoms with E-state index in [1.165, 1.54) is 0 Å². The molecule has 2 rings (SSSR count). The molecular formula is C11H13N3O. The largest absolute Gasteiger partial charge is 0.419 e. The first kappa shape index (κ1) is 9.83. The maximum absolute atomic E-state index is 5.49. The Hall–Kier alpha value is -1.71. The van der Waals surface area contributed by atoms with Gasteiger partial charge in [0.2, 0.25) is 5.89 Å². The number of aromatic nitrogens is 3. The molecule has 0 aromatic carbocycles. The summed E-state index contributed by atoms with van der Waals surface area (Å²) in [4.78, 5) is 4.15. The molecule has 0 unspecified atom stereocenters. The van der Waals surface area contributed by atoms with Crippen LogP contribution < -0.4 is 0 Å². The summed E-state index contributed by atoms with van der Waals surface area (Å²) in [5, 5.41) is 7.93. The van der Waals surface area contributed by atoms with E-state index < -0.39 is 0 Å². The Labute approximate surface area is 88.4 Å². The first-order chi connectivity index (χ1) is 7.40. The summed E-state index contributed by atoms with van der Waals surface area (Å²) in [6.07, 6.45) is 4.76. The molecule has 0 aliphatic rings. The smallest absolute Gasteiger partial charge is 0.266 e. The maximum Gasteiger partial charge on any atom is 0.266 e. The van der Waals surface area contributed by atoms with Gasteiger partial charge in [-0.05, 0) is 18.6 Å². The van der Waals surface area contributed by atoms with Gasteiger partial charge in [0.05, 0.1) is 0 Å². The lowest BCUT2D eigenvalue weighted by atomic mass is 10.2. The monoisotopic (exact) mass is 203 g/mol. The van der Waals surface area contributed by atoms with Gasteiger partial charge in [-0.1, -0.05) is 19.4 Å². The molecule has 2 aromatic rings. The zero-order valence-corrected chi connectivity index (χ0v) is 8.68. The first-order valence-corrected chi connectivity index (χ1v) is 5.14. The van der Waals surface area contributed by atoms with Crippen LogP contribution in [0.3, 0.4) is 0 Å². The summed E-state index contributed by atoms with van der Waals surface area (Å²) in [6, 6.07) is 5.62. The van der Waals surface area contributed by atoms with E-state index in [1.807, 2.05) is 18.2 Å². The van der Waals surface area contributed by atoms with Crippen molar-refractivity contribution in [3.8, 4) is 11.6 Å². The molecule has 0 bridgehead atoms. The summed E-state index contributed by atoms with van der Waals surface area (Å²) in [5.74, 6) is 1.19. The molecule has 0 saturated carbocycles. The Morgan fingerprint density at radius 3 is 2.93 bits per heavy atom. The molecule has 0 spiro atoms. The van der Waals surface area contributed by atoms with E-state index in [4.69, 9.17) is 4.42 Å². The minimum atomic E-state index is 0.502. The predicted molar refractivity (Wildman–Crippen MR) is 56.1 cm³/mol. The van der Waals surface area contributed by atoms with Gasteiger partial charge in [-0.15, -0.1) is 10.2 Å². The Balaban J connectivity index is 2.14. The van der Waals surface area contributed by atoms with Crippen molar-refractivity contribution in [2.45, 2.75) is 26.2 Å². The lowest BCUT2D eigenvalue weighted by Gasteiger charge is -1.92. The molecule has 0 fully saturated rings. The molecule has 0 radical (unpaired) electrons. The molecule has 0 aliphatic heterocycles. The molecule has 2 heterocycles. The van der Waals surface area contributed by atoms with E-state index in [0.717, 1.165) is 25.0 Å².